The van der Waals surface area contributed by atoms with Crippen LogP contribution in [0.15, 0.2) is 24.3 Å². The zero-order chi connectivity index (χ0) is 17.5. The van der Waals surface area contributed by atoms with Gasteiger partial charge in [-0.3, -0.25) is 9.59 Å². The third kappa shape index (κ3) is 4.79. The van der Waals surface area contributed by atoms with Crippen LogP contribution in [0.4, 0.5) is 5.69 Å². The third-order valence-corrected chi connectivity index (χ3v) is 4.49. The lowest BCUT2D eigenvalue weighted by atomic mass is 9.91. The second-order valence-corrected chi connectivity index (χ2v) is 6.23. The molecule has 1 saturated heterocycles. The number of likely N-dealkylation sites (N-methyl/N-ethyl adjacent to an activating group) is 1. The molecule has 1 atom stereocenters. The zero-order valence-corrected chi connectivity index (χ0v) is 14.5. The molecule has 0 aliphatic carbocycles. The predicted octanol–water partition coefficient (Wildman–Crippen LogP) is 1.40. The first-order valence-corrected chi connectivity index (χ1v) is 8.49. The van der Waals surface area contributed by atoms with Crippen molar-refractivity contribution < 1.29 is 14.3 Å². The van der Waals surface area contributed by atoms with E-state index in [0.29, 0.717) is 13.2 Å². The maximum atomic E-state index is 12.4. The number of benzene rings is 1. The second kappa shape index (κ2) is 8.80. The summed E-state index contributed by atoms with van der Waals surface area (Å²) in [7, 11) is 1.62. The fraction of sp³-hybridized carbons (Fsp3) is 0.556. The van der Waals surface area contributed by atoms with Crippen molar-refractivity contribution in [3.8, 4) is 0 Å². The Morgan fingerprint density at radius 1 is 1.33 bits per heavy atom. The van der Waals surface area contributed by atoms with Gasteiger partial charge in [0.2, 0.25) is 11.8 Å². The molecule has 0 aromatic heterocycles. The van der Waals surface area contributed by atoms with E-state index >= 15 is 0 Å². The van der Waals surface area contributed by atoms with E-state index in [1.54, 1.807) is 7.05 Å². The quantitative estimate of drug-likeness (QED) is 0.824. The van der Waals surface area contributed by atoms with Crippen molar-refractivity contribution in [2.24, 2.45) is 11.7 Å². The number of hydrogen-bond donors (Lipinski definition) is 2. The summed E-state index contributed by atoms with van der Waals surface area (Å²) in [6, 6.07) is 7.09. The Balaban J connectivity index is 1.89. The summed E-state index contributed by atoms with van der Waals surface area (Å²) in [6.45, 7) is 3.31. The van der Waals surface area contributed by atoms with Crippen molar-refractivity contribution in [2.75, 3.05) is 32.1 Å². The van der Waals surface area contributed by atoms with Crippen LogP contribution < -0.4 is 11.1 Å². The van der Waals surface area contributed by atoms with Gasteiger partial charge in [-0.2, -0.15) is 0 Å². The number of anilines is 1. The molecule has 1 unspecified atom stereocenters. The summed E-state index contributed by atoms with van der Waals surface area (Å²) in [5, 5.41) is 2.87. The maximum Gasteiger partial charge on any atom is 0.243 e. The molecule has 2 amide bonds. The molecule has 3 N–H and O–H groups in total. The third-order valence-electron chi connectivity index (χ3n) is 4.49. The lowest BCUT2D eigenvalue weighted by Gasteiger charge is -2.29. The Hall–Kier alpha value is -1.92. The van der Waals surface area contributed by atoms with Crippen molar-refractivity contribution in [3.05, 3.63) is 29.8 Å². The first-order chi connectivity index (χ1) is 11.5. The van der Waals surface area contributed by atoms with Gasteiger partial charge in [-0.1, -0.05) is 25.1 Å². The number of nitrogens with one attached hydrogen (secondary N) is 1. The average Bonchev–Trinajstić information content (AvgIpc) is 2.61. The Labute approximate surface area is 143 Å². The summed E-state index contributed by atoms with van der Waals surface area (Å²) in [6.07, 6.45) is 2.41. The topological polar surface area (TPSA) is 84.7 Å². The standard InChI is InChI=1S/C18H27N3O3/c1-3-13-6-4-5-7-15(13)20-16(22)12-21(2)18(23)17(19)14-8-10-24-11-9-14/h4-7,14,17H,3,8-12,19H2,1-2H3,(H,20,22). The van der Waals surface area contributed by atoms with Crippen molar-refractivity contribution in [3.63, 3.8) is 0 Å². The van der Waals surface area contributed by atoms with Crippen LogP contribution in [0.25, 0.3) is 0 Å². The Morgan fingerprint density at radius 3 is 2.67 bits per heavy atom. The van der Waals surface area contributed by atoms with Crippen LogP contribution in [0.5, 0.6) is 0 Å². The molecule has 6 nitrogen and oxygen atoms in total. The molecule has 0 radical (unpaired) electrons. The Bertz CT molecular complexity index is 570. The molecule has 24 heavy (non-hydrogen) atoms. The van der Waals surface area contributed by atoms with Crippen LogP contribution in [-0.4, -0.2) is 49.6 Å². The normalized spacial score (nSPS) is 16.5. The van der Waals surface area contributed by atoms with Gasteiger partial charge in [0.15, 0.2) is 0 Å². The SMILES string of the molecule is CCc1ccccc1NC(=O)CN(C)C(=O)C(N)C1CCOCC1. The highest BCUT2D eigenvalue weighted by molar-refractivity contribution is 5.95. The van der Waals surface area contributed by atoms with E-state index in [2.05, 4.69) is 5.32 Å². The number of ether oxygens (including phenoxy) is 1. The minimum absolute atomic E-state index is 0.00615. The molecule has 1 aromatic carbocycles. The van der Waals surface area contributed by atoms with E-state index in [0.717, 1.165) is 30.5 Å². The largest absolute Gasteiger partial charge is 0.381 e. The first-order valence-electron chi connectivity index (χ1n) is 8.49. The van der Waals surface area contributed by atoms with Crippen LogP contribution in [-0.2, 0) is 20.7 Å². The molecule has 1 fully saturated rings. The van der Waals surface area contributed by atoms with E-state index in [4.69, 9.17) is 10.5 Å². The van der Waals surface area contributed by atoms with Crippen LogP contribution in [0, 0.1) is 5.92 Å². The fourth-order valence-corrected chi connectivity index (χ4v) is 2.96. The molecule has 1 aromatic rings. The molecule has 2 rings (SSSR count). The van der Waals surface area contributed by atoms with Crippen molar-refractivity contribution in [2.45, 2.75) is 32.2 Å². The zero-order valence-electron chi connectivity index (χ0n) is 14.5. The number of carbonyl (C=O) groups is 2. The van der Waals surface area contributed by atoms with Gasteiger partial charge in [0, 0.05) is 25.9 Å². The predicted molar refractivity (Wildman–Crippen MR) is 93.6 cm³/mol. The highest BCUT2D eigenvalue weighted by Gasteiger charge is 2.29. The van der Waals surface area contributed by atoms with Crippen LogP contribution >= 0.6 is 0 Å². The first kappa shape index (κ1) is 18.4. The van der Waals surface area contributed by atoms with Gasteiger partial charge >= 0.3 is 0 Å². The molecule has 1 heterocycles. The summed E-state index contributed by atoms with van der Waals surface area (Å²) in [5.74, 6) is -0.288. The van der Waals surface area contributed by atoms with Gasteiger partial charge in [-0.05, 0) is 36.8 Å². The van der Waals surface area contributed by atoms with Crippen LogP contribution in [0.2, 0.25) is 0 Å². The number of amides is 2. The van der Waals surface area contributed by atoms with Gasteiger partial charge in [0.05, 0.1) is 12.6 Å². The van der Waals surface area contributed by atoms with Gasteiger partial charge in [-0.15, -0.1) is 0 Å². The lowest BCUT2D eigenvalue weighted by Crippen LogP contribution is -2.49. The minimum atomic E-state index is -0.574. The van der Waals surface area contributed by atoms with E-state index in [1.807, 2.05) is 31.2 Å². The molecule has 1 aliphatic heterocycles. The molecule has 1 aliphatic rings. The fourth-order valence-electron chi connectivity index (χ4n) is 2.96. The number of carbonyl (C=O) groups excluding carboxylic acids is 2. The Morgan fingerprint density at radius 2 is 2.00 bits per heavy atom. The number of hydrogen-bond acceptors (Lipinski definition) is 4. The maximum absolute atomic E-state index is 12.4. The molecule has 132 valence electrons. The molecular formula is C18H27N3O3. The van der Waals surface area contributed by atoms with Gasteiger partial charge in [0.25, 0.3) is 0 Å². The van der Waals surface area contributed by atoms with E-state index in [1.165, 1.54) is 4.90 Å². The van der Waals surface area contributed by atoms with E-state index in [9.17, 15) is 9.59 Å². The van der Waals surface area contributed by atoms with E-state index in [-0.39, 0.29) is 24.3 Å². The summed E-state index contributed by atoms with van der Waals surface area (Å²) < 4.78 is 5.30. The minimum Gasteiger partial charge on any atom is -0.381 e. The molecule has 6 heteroatoms. The number of nitrogens with zero attached hydrogens (tertiary/aromatic N) is 1. The van der Waals surface area contributed by atoms with Crippen LogP contribution in [0.1, 0.15) is 25.3 Å². The summed E-state index contributed by atoms with van der Waals surface area (Å²) >= 11 is 0. The number of aryl methyl sites for hydroxylation is 1. The molecule has 0 spiro atoms. The second-order valence-electron chi connectivity index (χ2n) is 6.23. The van der Waals surface area contributed by atoms with Crippen molar-refractivity contribution >= 4 is 17.5 Å². The summed E-state index contributed by atoms with van der Waals surface area (Å²) in [4.78, 5) is 26.1. The van der Waals surface area contributed by atoms with Gasteiger partial charge in [-0.25, -0.2) is 0 Å². The number of nitrogens with two attached hydrogens (primary N) is 1. The molecular weight excluding hydrogens is 306 g/mol. The smallest absolute Gasteiger partial charge is 0.243 e. The van der Waals surface area contributed by atoms with Crippen molar-refractivity contribution in [1.29, 1.82) is 0 Å². The van der Waals surface area contributed by atoms with Gasteiger partial charge < -0.3 is 20.7 Å². The van der Waals surface area contributed by atoms with Crippen LogP contribution in [0.3, 0.4) is 0 Å². The van der Waals surface area contributed by atoms with Crippen molar-refractivity contribution in [1.82, 2.24) is 4.90 Å². The summed E-state index contributed by atoms with van der Waals surface area (Å²) in [5.41, 5.74) is 7.95. The highest BCUT2D eigenvalue weighted by Crippen LogP contribution is 2.19. The average molecular weight is 333 g/mol. The lowest BCUT2D eigenvalue weighted by molar-refractivity contribution is -0.136. The number of para-hydroxylation sites is 1. The van der Waals surface area contributed by atoms with E-state index < -0.39 is 6.04 Å². The monoisotopic (exact) mass is 333 g/mol. The van der Waals surface area contributed by atoms with Gasteiger partial charge in [0.1, 0.15) is 0 Å². The number of rotatable bonds is 6. The molecule has 0 bridgehead atoms. The Kier molecular flexibility index (Phi) is 6.75. The molecule has 0 saturated carbocycles. The highest BCUT2D eigenvalue weighted by atomic mass is 16.5.